The number of hydrogen-bond acceptors (Lipinski definition) is 4. The van der Waals surface area contributed by atoms with E-state index in [1.54, 1.807) is 20.3 Å². The van der Waals surface area contributed by atoms with Crippen molar-refractivity contribution in [3.05, 3.63) is 22.8 Å². The molecule has 0 bridgehead atoms. The molecule has 0 unspecified atom stereocenters. The number of ether oxygens (including phenoxy) is 2. The van der Waals surface area contributed by atoms with E-state index in [2.05, 4.69) is 4.99 Å². The fraction of sp³-hybridized carbons (Fsp3) is 0.562. The summed E-state index contributed by atoms with van der Waals surface area (Å²) in [5.41, 5.74) is 2.53. The molecule has 0 spiro atoms. The van der Waals surface area contributed by atoms with Gasteiger partial charge < -0.3 is 9.47 Å². The van der Waals surface area contributed by atoms with Crippen LogP contribution in [0.5, 0.6) is 11.5 Å². The fourth-order valence-corrected chi connectivity index (χ4v) is 3.17. The van der Waals surface area contributed by atoms with Gasteiger partial charge in [-0.3, -0.25) is 0 Å². The number of nitrogens with zero attached hydrogens (tertiary/aromatic N) is 1. The summed E-state index contributed by atoms with van der Waals surface area (Å²) in [7, 11) is 3.31. The van der Waals surface area contributed by atoms with Crippen molar-refractivity contribution in [1.29, 1.82) is 0 Å². The Balaban J connectivity index is 2.71. The highest BCUT2D eigenvalue weighted by Gasteiger charge is 2.39. The molecular formula is C16H21NO3. The van der Waals surface area contributed by atoms with Crippen molar-refractivity contribution >= 4 is 6.08 Å². The second-order valence-corrected chi connectivity index (χ2v) is 5.35. The molecule has 4 heteroatoms. The Hall–Kier alpha value is -1.80. The van der Waals surface area contributed by atoms with E-state index in [9.17, 15) is 4.79 Å². The smallest absolute Gasteiger partial charge is 0.235 e. The molecule has 0 heterocycles. The lowest BCUT2D eigenvalue weighted by Crippen LogP contribution is -2.21. The van der Waals surface area contributed by atoms with E-state index in [-0.39, 0.29) is 0 Å². The van der Waals surface area contributed by atoms with Gasteiger partial charge in [0.15, 0.2) is 0 Å². The zero-order valence-corrected chi connectivity index (χ0v) is 12.6. The molecular weight excluding hydrogens is 254 g/mol. The normalized spacial score (nSPS) is 16.6. The van der Waals surface area contributed by atoms with Gasteiger partial charge in [0.2, 0.25) is 6.08 Å². The molecule has 0 aliphatic heterocycles. The molecule has 1 saturated carbocycles. The summed E-state index contributed by atoms with van der Waals surface area (Å²) in [4.78, 5) is 15.0. The van der Waals surface area contributed by atoms with E-state index in [0.717, 1.165) is 53.9 Å². The van der Waals surface area contributed by atoms with Crippen molar-refractivity contribution in [2.24, 2.45) is 4.99 Å². The van der Waals surface area contributed by atoms with Crippen LogP contribution in [0.15, 0.2) is 11.1 Å². The molecule has 4 nitrogen and oxygen atoms in total. The van der Waals surface area contributed by atoms with Crippen LogP contribution in [0, 0.1) is 13.8 Å². The van der Waals surface area contributed by atoms with Gasteiger partial charge in [0.05, 0.1) is 14.2 Å². The van der Waals surface area contributed by atoms with Gasteiger partial charge in [-0.25, -0.2) is 4.79 Å². The van der Waals surface area contributed by atoms with Crippen LogP contribution in [0.25, 0.3) is 0 Å². The van der Waals surface area contributed by atoms with Crippen LogP contribution in [0.3, 0.4) is 0 Å². The predicted octanol–water partition coefficient (Wildman–Crippen LogP) is 3.43. The Morgan fingerprint density at radius 3 is 2.30 bits per heavy atom. The molecule has 0 amide bonds. The molecule has 1 aliphatic carbocycles. The van der Waals surface area contributed by atoms with Crippen LogP contribution in [0.1, 0.15) is 42.4 Å². The molecule has 1 aromatic carbocycles. The SMILES string of the molecule is COc1cc(C2(N=C=O)CCCC2)c(OC)c(C)c1C. The second kappa shape index (κ2) is 5.68. The highest BCUT2D eigenvalue weighted by Crippen LogP contribution is 2.48. The topological polar surface area (TPSA) is 47.9 Å². The Morgan fingerprint density at radius 2 is 1.80 bits per heavy atom. The maximum atomic E-state index is 10.9. The number of rotatable bonds is 4. The van der Waals surface area contributed by atoms with E-state index >= 15 is 0 Å². The molecule has 1 aliphatic rings. The molecule has 0 N–H and O–H groups in total. The van der Waals surface area contributed by atoms with E-state index in [1.165, 1.54) is 0 Å². The van der Waals surface area contributed by atoms with Crippen molar-refractivity contribution in [3.63, 3.8) is 0 Å². The van der Waals surface area contributed by atoms with Crippen LogP contribution in [-0.4, -0.2) is 20.3 Å². The van der Waals surface area contributed by atoms with E-state index in [1.807, 2.05) is 19.9 Å². The number of benzene rings is 1. The summed E-state index contributed by atoms with van der Waals surface area (Å²) in [6, 6.07) is 1.97. The first kappa shape index (κ1) is 14.6. The van der Waals surface area contributed by atoms with Crippen molar-refractivity contribution in [3.8, 4) is 11.5 Å². The zero-order chi connectivity index (χ0) is 14.8. The average Bonchev–Trinajstić information content (AvgIpc) is 2.91. The monoisotopic (exact) mass is 275 g/mol. The summed E-state index contributed by atoms with van der Waals surface area (Å²) in [5, 5.41) is 0. The molecule has 1 aromatic rings. The van der Waals surface area contributed by atoms with Crippen LogP contribution < -0.4 is 9.47 Å². The van der Waals surface area contributed by atoms with Crippen LogP contribution >= 0.6 is 0 Å². The highest BCUT2D eigenvalue weighted by molar-refractivity contribution is 5.56. The lowest BCUT2D eigenvalue weighted by molar-refractivity contribution is 0.367. The first-order valence-electron chi connectivity index (χ1n) is 6.91. The molecule has 20 heavy (non-hydrogen) atoms. The van der Waals surface area contributed by atoms with E-state index < -0.39 is 5.54 Å². The van der Waals surface area contributed by atoms with Crippen LogP contribution in [0.2, 0.25) is 0 Å². The zero-order valence-electron chi connectivity index (χ0n) is 12.6. The molecule has 2 rings (SSSR count). The minimum Gasteiger partial charge on any atom is -0.496 e. The third kappa shape index (κ3) is 2.20. The predicted molar refractivity (Wildman–Crippen MR) is 77.3 cm³/mol. The number of methoxy groups -OCH3 is 2. The van der Waals surface area contributed by atoms with Gasteiger partial charge in [0.25, 0.3) is 0 Å². The minimum absolute atomic E-state index is 0.501. The second-order valence-electron chi connectivity index (χ2n) is 5.35. The van der Waals surface area contributed by atoms with Gasteiger partial charge in [-0.2, -0.15) is 4.99 Å². The first-order valence-corrected chi connectivity index (χ1v) is 6.91. The third-order valence-electron chi connectivity index (χ3n) is 4.41. The molecule has 0 radical (unpaired) electrons. The van der Waals surface area contributed by atoms with E-state index in [0.29, 0.717) is 0 Å². The van der Waals surface area contributed by atoms with Crippen molar-refractivity contribution in [2.45, 2.75) is 45.1 Å². The van der Waals surface area contributed by atoms with Gasteiger partial charge in [-0.15, -0.1) is 0 Å². The van der Waals surface area contributed by atoms with Crippen LogP contribution in [0.4, 0.5) is 0 Å². The highest BCUT2D eigenvalue weighted by atomic mass is 16.5. The summed E-state index contributed by atoms with van der Waals surface area (Å²) < 4.78 is 11.0. The van der Waals surface area contributed by atoms with Crippen molar-refractivity contribution < 1.29 is 14.3 Å². The Labute approximate surface area is 119 Å². The molecule has 108 valence electrons. The Kier molecular flexibility index (Phi) is 4.15. The number of aliphatic imine (C=N–C) groups is 1. The quantitative estimate of drug-likeness (QED) is 0.625. The Bertz CT molecular complexity index is 553. The average molecular weight is 275 g/mol. The third-order valence-corrected chi connectivity index (χ3v) is 4.41. The maximum Gasteiger partial charge on any atom is 0.235 e. The first-order chi connectivity index (χ1) is 9.59. The lowest BCUT2D eigenvalue weighted by atomic mass is 9.85. The molecule has 0 aromatic heterocycles. The Morgan fingerprint density at radius 1 is 1.15 bits per heavy atom. The van der Waals surface area contributed by atoms with Crippen molar-refractivity contribution in [1.82, 2.24) is 0 Å². The number of isocyanates is 1. The summed E-state index contributed by atoms with van der Waals surface area (Å²) in [6.07, 6.45) is 5.57. The minimum atomic E-state index is -0.501. The van der Waals surface area contributed by atoms with Crippen molar-refractivity contribution in [2.75, 3.05) is 14.2 Å². The van der Waals surface area contributed by atoms with Gasteiger partial charge in [-0.1, -0.05) is 12.8 Å². The maximum absolute atomic E-state index is 10.9. The molecule has 1 fully saturated rings. The fourth-order valence-electron chi connectivity index (χ4n) is 3.17. The largest absolute Gasteiger partial charge is 0.496 e. The van der Waals surface area contributed by atoms with Gasteiger partial charge >= 0.3 is 0 Å². The summed E-state index contributed by atoms with van der Waals surface area (Å²) in [6.45, 7) is 4.01. The number of hydrogen-bond donors (Lipinski definition) is 0. The standard InChI is InChI=1S/C16H21NO3/c1-11-12(2)15(20-4)13(9-14(11)19-3)16(17-10-18)7-5-6-8-16/h9H,5-8H2,1-4H3. The summed E-state index contributed by atoms with van der Waals surface area (Å²) in [5.74, 6) is 1.62. The lowest BCUT2D eigenvalue weighted by Gasteiger charge is -2.27. The van der Waals surface area contributed by atoms with Gasteiger partial charge in [0.1, 0.15) is 17.0 Å². The van der Waals surface area contributed by atoms with E-state index in [4.69, 9.17) is 9.47 Å². The summed E-state index contributed by atoms with van der Waals surface area (Å²) >= 11 is 0. The van der Waals surface area contributed by atoms with Gasteiger partial charge in [0, 0.05) is 5.56 Å². The molecule has 0 atom stereocenters. The molecule has 0 saturated heterocycles. The van der Waals surface area contributed by atoms with Gasteiger partial charge in [-0.05, 0) is 43.9 Å². The number of carbonyl (C=O) groups excluding carboxylic acids is 1. The van der Waals surface area contributed by atoms with Crippen LogP contribution in [-0.2, 0) is 10.3 Å².